The molecule has 0 spiro atoms. The molecule has 0 unspecified atom stereocenters. The summed E-state index contributed by atoms with van der Waals surface area (Å²) in [6, 6.07) is 23.9. The number of hydrogen-bond acceptors (Lipinski definition) is 3. The number of rotatable bonds is 7. The third-order valence-electron chi connectivity index (χ3n) is 5.48. The number of amides is 1. The van der Waals surface area contributed by atoms with Gasteiger partial charge >= 0.3 is 0 Å². The molecule has 5 nitrogen and oxygen atoms in total. The largest absolute Gasteiger partial charge is 0.439 e. The average Bonchev–Trinajstić information content (AvgIpc) is 3.14. The van der Waals surface area contributed by atoms with Gasteiger partial charge in [0.1, 0.15) is 5.75 Å². The summed E-state index contributed by atoms with van der Waals surface area (Å²) in [6.07, 6.45) is 0. The van der Waals surface area contributed by atoms with E-state index in [9.17, 15) is 4.79 Å². The second kappa shape index (κ2) is 10.3. The Kier molecular flexibility index (Phi) is 7.25. The highest BCUT2D eigenvalue weighted by Gasteiger charge is 2.26. The fraction of sp³-hybridized carbons (Fsp3) is 0.185. The van der Waals surface area contributed by atoms with Gasteiger partial charge < -0.3 is 9.64 Å². The highest BCUT2D eigenvalue weighted by atomic mass is 35.5. The molecule has 0 aliphatic carbocycles. The number of ether oxygens (including phenoxy) is 1. The zero-order valence-electron chi connectivity index (χ0n) is 19.2. The number of nitrogens with zero attached hydrogens (tertiary/aromatic N) is 3. The Balaban J connectivity index is 1.78. The molecule has 1 heterocycles. The smallest absolute Gasteiger partial charge is 0.255 e. The number of carbonyl (C=O) groups excluding carboxylic acids is 1. The zero-order chi connectivity index (χ0) is 24.2. The Morgan fingerprint density at radius 2 is 1.62 bits per heavy atom. The maximum Gasteiger partial charge on any atom is 0.255 e. The lowest BCUT2D eigenvalue weighted by atomic mass is 10.1. The quantitative estimate of drug-likeness (QED) is 0.270. The van der Waals surface area contributed by atoms with E-state index in [1.54, 1.807) is 46.0 Å². The number of halogens is 2. The molecule has 0 atom stereocenters. The van der Waals surface area contributed by atoms with Gasteiger partial charge in [-0.25, -0.2) is 4.68 Å². The van der Waals surface area contributed by atoms with Crippen molar-refractivity contribution in [3.8, 4) is 17.3 Å². The van der Waals surface area contributed by atoms with Crippen LogP contribution in [0.15, 0.2) is 78.9 Å². The van der Waals surface area contributed by atoms with Gasteiger partial charge in [-0.05, 0) is 69.3 Å². The van der Waals surface area contributed by atoms with Crippen molar-refractivity contribution >= 4 is 29.1 Å². The monoisotopic (exact) mass is 493 g/mol. The van der Waals surface area contributed by atoms with E-state index in [0.29, 0.717) is 33.8 Å². The number of aryl methyl sites for hydroxylation is 1. The third-order valence-corrected chi connectivity index (χ3v) is 6.06. The topological polar surface area (TPSA) is 47.4 Å². The molecule has 0 radical (unpaired) electrons. The summed E-state index contributed by atoms with van der Waals surface area (Å²) < 4.78 is 8.10. The average molecular weight is 494 g/mol. The first-order valence-electron chi connectivity index (χ1n) is 11.0. The predicted molar refractivity (Wildman–Crippen MR) is 136 cm³/mol. The van der Waals surface area contributed by atoms with Crippen LogP contribution < -0.4 is 4.74 Å². The summed E-state index contributed by atoms with van der Waals surface area (Å²) in [4.78, 5) is 15.2. The van der Waals surface area contributed by atoms with Gasteiger partial charge in [-0.2, -0.15) is 5.10 Å². The second-order valence-corrected chi connectivity index (χ2v) is 9.02. The molecule has 1 amide bonds. The van der Waals surface area contributed by atoms with Crippen molar-refractivity contribution < 1.29 is 9.53 Å². The van der Waals surface area contributed by atoms with Crippen LogP contribution in [0.5, 0.6) is 11.6 Å². The number of benzene rings is 3. The van der Waals surface area contributed by atoms with E-state index in [0.717, 1.165) is 16.9 Å². The van der Waals surface area contributed by atoms with Crippen molar-refractivity contribution in [3.63, 3.8) is 0 Å². The van der Waals surface area contributed by atoms with Crippen LogP contribution in [0.3, 0.4) is 0 Å². The first-order chi connectivity index (χ1) is 16.3. The minimum absolute atomic E-state index is 0.0772. The van der Waals surface area contributed by atoms with Crippen LogP contribution in [0.25, 0.3) is 5.69 Å². The summed E-state index contributed by atoms with van der Waals surface area (Å²) in [5.41, 5.74) is 2.90. The van der Waals surface area contributed by atoms with Gasteiger partial charge in [0.25, 0.3) is 5.91 Å². The minimum Gasteiger partial charge on any atom is -0.439 e. The Labute approximate surface area is 209 Å². The van der Waals surface area contributed by atoms with Crippen molar-refractivity contribution in [2.24, 2.45) is 0 Å². The molecule has 7 heteroatoms. The third kappa shape index (κ3) is 5.11. The Bertz CT molecular complexity index is 1290. The van der Waals surface area contributed by atoms with Crippen LogP contribution >= 0.6 is 23.2 Å². The normalized spacial score (nSPS) is 11.0. The molecule has 0 fully saturated rings. The molecule has 0 saturated carbocycles. The summed E-state index contributed by atoms with van der Waals surface area (Å²) in [5.74, 6) is 1.02. The molecule has 4 rings (SSSR count). The molecule has 1 aromatic heterocycles. The lowest BCUT2D eigenvalue weighted by molar-refractivity contribution is 0.0689. The summed E-state index contributed by atoms with van der Waals surface area (Å²) in [6.45, 7) is 6.18. The summed E-state index contributed by atoms with van der Waals surface area (Å²) >= 11 is 12.4. The van der Waals surface area contributed by atoms with Crippen molar-refractivity contribution in [1.29, 1.82) is 0 Å². The van der Waals surface area contributed by atoms with E-state index in [-0.39, 0.29) is 11.9 Å². The zero-order valence-corrected chi connectivity index (χ0v) is 20.7. The first kappa shape index (κ1) is 23.9. The fourth-order valence-electron chi connectivity index (χ4n) is 3.63. The van der Waals surface area contributed by atoms with Gasteiger partial charge in [0.15, 0.2) is 0 Å². The van der Waals surface area contributed by atoms with Crippen molar-refractivity contribution in [2.75, 3.05) is 0 Å². The maximum atomic E-state index is 13.5. The highest BCUT2D eigenvalue weighted by Crippen LogP contribution is 2.33. The molecular weight excluding hydrogens is 469 g/mol. The number of hydrogen-bond donors (Lipinski definition) is 0. The number of para-hydroxylation sites is 1. The molecule has 0 N–H and O–H groups in total. The lowest BCUT2D eigenvalue weighted by Crippen LogP contribution is -2.36. The molecule has 4 aromatic rings. The highest BCUT2D eigenvalue weighted by molar-refractivity contribution is 6.33. The van der Waals surface area contributed by atoms with Gasteiger partial charge in [0, 0.05) is 11.1 Å². The van der Waals surface area contributed by atoms with Crippen LogP contribution in [-0.2, 0) is 6.54 Å². The minimum atomic E-state index is -0.148. The van der Waals surface area contributed by atoms with Crippen LogP contribution in [0, 0.1) is 6.92 Å². The molecule has 34 heavy (non-hydrogen) atoms. The van der Waals surface area contributed by atoms with Crippen LogP contribution in [0.4, 0.5) is 0 Å². The van der Waals surface area contributed by atoms with E-state index in [2.05, 4.69) is 0 Å². The van der Waals surface area contributed by atoms with Crippen LogP contribution in [0.1, 0.15) is 35.5 Å². The SMILES string of the molecule is Cc1nn(-c2ccccc2)c(Oc2ccc(Cl)cc2)c1CN(C(=O)c1ccccc1Cl)C(C)C. The first-order valence-corrected chi connectivity index (χ1v) is 11.7. The predicted octanol–water partition coefficient (Wildman–Crippen LogP) is 7.33. The molecule has 174 valence electrons. The van der Waals surface area contributed by atoms with Gasteiger partial charge in [-0.1, -0.05) is 53.5 Å². The van der Waals surface area contributed by atoms with Gasteiger partial charge in [-0.15, -0.1) is 0 Å². The lowest BCUT2D eigenvalue weighted by Gasteiger charge is -2.27. The van der Waals surface area contributed by atoms with Crippen LogP contribution in [-0.4, -0.2) is 26.6 Å². The van der Waals surface area contributed by atoms with Gasteiger partial charge in [0.05, 0.1) is 34.1 Å². The van der Waals surface area contributed by atoms with E-state index in [1.807, 2.05) is 63.2 Å². The number of carbonyl (C=O) groups is 1. The van der Waals surface area contributed by atoms with Crippen molar-refractivity contribution in [3.05, 3.63) is 106 Å². The molecule has 0 bridgehead atoms. The fourth-order valence-corrected chi connectivity index (χ4v) is 3.97. The van der Waals surface area contributed by atoms with Crippen molar-refractivity contribution in [2.45, 2.75) is 33.4 Å². The Hall–Kier alpha value is -3.28. The second-order valence-electron chi connectivity index (χ2n) is 8.18. The van der Waals surface area contributed by atoms with Gasteiger partial charge in [0.2, 0.25) is 5.88 Å². The molecule has 0 aliphatic heterocycles. The van der Waals surface area contributed by atoms with Crippen LogP contribution in [0.2, 0.25) is 10.0 Å². The Morgan fingerprint density at radius 1 is 0.971 bits per heavy atom. The van der Waals surface area contributed by atoms with E-state index >= 15 is 0 Å². The summed E-state index contributed by atoms with van der Waals surface area (Å²) in [5, 5.41) is 5.80. The van der Waals surface area contributed by atoms with Crippen molar-refractivity contribution in [1.82, 2.24) is 14.7 Å². The van der Waals surface area contributed by atoms with E-state index < -0.39 is 0 Å². The molecule has 0 saturated heterocycles. The standard InChI is InChI=1S/C27H25Cl2N3O2/c1-18(2)31(26(33)23-11-7-8-12-25(23)29)17-24-19(3)30-32(21-9-5-4-6-10-21)27(24)34-22-15-13-20(28)14-16-22/h4-16,18H,17H2,1-3H3. The van der Waals surface area contributed by atoms with E-state index in [4.69, 9.17) is 33.0 Å². The van der Waals surface area contributed by atoms with E-state index in [1.165, 1.54) is 0 Å². The number of aromatic nitrogens is 2. The molecule has 0 aliphatic rings. The summed E-state index contributed by atoms with van der Waals surface area (Å²) in [7, 11) is 0. The molecular formula is C27H25Cl2N3O2. The maximum absolute atomic E-state index is 13.5. The Morgan fingerprint density at radius 3 is 2.26 bits per heavy atom. The molecule has 3 aromatic carbocycles. The van der Waals surface area contributed by atoms with Gasteiger partial charge in [-0.3, -0.25) is 4.79 Å².